The van der Waals surface area contributed by atoms with E-state index in [1.807, 2.05) is 36.1 Å². The fraction of sp³-hybridized carbons (Fsp3) is 0.429. The first-order valence-corrected chi connectivity index (χ1v) is 7.15. The van der Waals surface area contributed by atoms with Crippen LogP contribution >= 0.6 is 12.2 Å². The molecule has 0 radical (unpaired) electrons. The van der Waals surface area contributed by atoms with Gasteiger partial charge in [0.25, 0.3) is 0 Å². The fourth-order valence-electron chi connectivity index (χ4n) is 1.97. The van der Waals surface area contributed by atoms with Crippen LogP contribution in [0.25, 0.3) is 0 Å². The molecule has 2 N–H and O–H groups in total. The standard InChI is InChI=1S/C14H19N3O2S/c1-2-19-12-5-3-11(4-6-12)16-14(20)17-9-7-13(18)15-8-10-17/h3-6H,2,7-10H2,1H3,(H,15,18)(H,16,20). The van der Waals surface area contributed by atoms with Gasteiger partial charge in [0.15, 0.2) is 5.11 Å². The van der Waals surface area contributed by atoms with E-state index < -0.39 is 0 Å². The second-order valence-corrected chi connectivity index (χ2v) is 4.86. The van der Waals surface area contributed by atoms with E-state index in [1.165, 1.54) is 0 Å². The number of ether oxygens (including phenoxy) is 1. The Morgan fingerprint density at radius 2 is 2.15 bits per heavy atom. The van der Waals surface area contributed by atoms with Gasteiger partial charge in [-0.3, -0.25) is 4.79 Å². The van der Waals surface area contributed by atoms with Gasteiger partial charge in [-0.15, -0.1) is 0 Å². The van der Waals surface area contributed by atoms with Crippen molar-refractivity contribution in [2.75, 3.05) is 31.6 Å². The molecule has 1 saturated heterocycles. The van der Waals surface area contributed by atoms with Gasteiger partial charge in [-0.2, -0.15) is 0 Å². The van der Waals surface area contributed by atoms with Crippen molar-refractivity contribution in [3.8, 4) is 5.75 Å². The quantitative estimate of drug-likeness (QED) is 0.829. The number of hydrogen-bond acceptors (Lipinski definition) is 3. The highest BCUT2D eigenvalue weighted by Crippen LogP contribution is 2.16. The van der Waals surface area contributed by atoms with Crippen LogP contribution in [0.4, 0.5) is 5.69 Å². The lowest BCUT2D eigenvalue weighted by molar-refractivity contribution is -0.120. The van der Waals surface area contributed by atoms with Crippen molar-refractivity contribution in [2.24, 2.45) is 0 Å². The molecule has 0 saturated carbocycles. The van der Waals surface area contributed by atoms with Gasteiger partial charge < -0.3 is 20.3 Å². The molecule has 5 nitrogen and oxygen atoms in total. The van der Waals surface area contributed by atoms with Crippen LogP contribution in [0.1, 0.15) is 13.3 Å². The van der Waals surface area contributed by atoms with Crippen LogP contribution in [0.5, 0.6) is 5.75 Å². The van der Waals surface area contributed by atoms with Gasteiger partial charge in [-0.05, 0) is 43.4 Å². The van der Waals surface area contributed by atoms with Crippen molar-refractivity contribution in [1.82, 2.24) is 10.2 Å². The average Bonchev–Trinajstić information content (AvgIpc) is 2.66. The number of benzene rings is 1. The first kappa shape index (κ1) is 14.6. The van der Waals surface area contributed by atoms with Gasteiger partial charge in [-0.25, -0.2) is 0 Å². The molecule has 1 aliphatic heterocycles. The fourth-order valence-corrected chi connectivity index (χ4v) is 2.27. The number of thiocarbonyl (C=S) groups is 1. The number of hydrogen-bond donors (Lipinski definition) is 2. The largest absolute Gasteiger partial charge is 0.494 e. The zero-order valence-corrected chi connectivity index (χ0v) is 12.3. The molecule has 0 spiro atoms. The predicted octanol–water partition coefficient (Wildman–Crippen LogP) is 1.60. The summed E-state index contributed by atoms with van der Waals surface area (Å²) in [5.41, 5.74) is 0.919. The molecule has 2 rings (SSSR count). The van der Waals surface area contributed by atoms with Crippen LogP contribution in [0.3, 0.4) is 0 Å². The highest BCUT2D eigenvalue weighted by atomic mass is 32.1. The van der Waals surface area contributed by atoms with Gasteiger partial charge >= 0.3 is 0 Å². The van der Waals surface area contributed by atoms with E-state index in [1.54, 1.807) is 0 Å². The van der Waals surface area contributed by atoms with Crippen LogP contribution in [0.15, 0.2) is 24.3 Å². The second-order valence-electron chi connectivity index (χ2n) is 4.47. The number of carbonyl (C=O) groups is 1. The highest BCUT2D eigenvalue weighted by Gasteiger charge is 2.15. The summed E-state index contributed by atoms with van der Waals surface area (Å²) < 4.78 is 5.39. The maximum absolute atomic E-state index is 11.3. The lowest BCUT2D eigenvalue weighted by atomic mass is 10.3. The first-order chi connectivity index (χ1) is 9.69. The molecule has 1 amide bonds. The molecule has 0 atom stereocenters. The summed E-state index contributed by atoms with van der Waals surface area (Å²) in [5.74, 6) is 0.921. The third kappa shape index (κ3) is 4.09. The van der Waals surface area contributed by atoms with E-state index in [9.17, 15) is 4.79 Å². The Hall–Kier alpha value is -1.82. The molecule has 0 aliphatic carbocycles. The number of amides is 1. The molecule has 0 aromatic heterocycles. The minimum atomic E-state index is 0.0800. The van der Waals surface area contributed by atoms with E-state index in [2.05, 4.69) is 10.6 Å². The molecular formula is C14H19N3O2S. The monoisotopic (exact) mass is 293 g/mol. The smallest absolute Gasteiger partial charge is 0.221 e. The number of nitrogens with zero attached hydrogens (tertiary/aromatic N) is 1. The minimum Gasteiger partial charge on any atom is -0.494 e. The lowest BCUT2D eigenvalue weighted by Gasteiger charge is -2.23. The Kier molecular flexibility index (Phi) is 5.17. The Bertz CT molecular complexity index is 476. The first-order valence-electron chi connectivity index (χ1n) is 6.74. The summed E-state index contributed by atoms with van der Waals surface area (Å²) in [6.07, 6.45) is 0.477. The molecule has 1 aromatic rings. The molecule has 1 aliphatic rings. The van der Waals surface area contributed by atoms with E-state index >= 15 is 0 Å². The van der Waals surface area contributed by atoms with Crippen LogP contribution in [-0.2, 0) is 4.79 Å². The van der Waals surface area contributed by atoms with Gasteiger partial charge in [0.05, 0.1) is 6.61 Å². The normalized spacial score (nSPS) is 15.2. The van der Waals surface area contributed by atoms with Crippen molar-refractivity contribution in [3.63, 3.8) is 0 Å². The number of nitrogens with one attached hydrogen (secondary N) is 2. The Morgan fingerprint density at radius 3 is 2.85 bits per heavy atom. The van der Waals surface area contributed by atoms with Gasteiger partial charge in [-0.1, -0.05) is 0 Å². The van der Waals surface area contributed by atoms with Crippen molar-refractivity contribution >= 4 is 28.9 Å². The second kappa shape index (κ2) is 7.09. The topological polar surface area (TPSA) is 53.6 Å². The maximum atomic E-state index is 11.3. The third-order valence-electron chi connectivity index (χ3n) is 3.02. The molecule has 20 heavy (non-hydrogen) atoms. The van der Waals surface area contributed by atoms with E-state index in [0.29, 0.717) is 31.2 Å². The van der Waals surface area contributed by atoms with E-state index in [0.717, 1.165) is 18.0 Å². The summed E-state index contributed by atoms with van der Waals surface area (Å²) in [4.78, 5) is 13.3. The summed E-state index contributed by atoms with van der Waals surface area (Å²) in [6, 6.07) is 7.67. The Labute approximate surface area is 124 Å². The Balaban J connectivity index is 1.91. The number of rotatable bonds is 3. The molecule has 6 heteroatoms. The van der Waals surface area contributed by atoms with Gasteiger partial charge in [0.2, 0.25) is 5.91 Å². The van der Waals surface area contributed by atoms with E-state index in [-0.39, 0.29) is 5.91 Å². The minimum absolute atomic E-state index is 0.0800. The third-order valence-corrected chi connectivity index (χ3v) is 3.38. The van der Waals surface area contributed by atoms with Crippen molar-refractivity contribution in [1.29, 1.82) is 0 Å². The van der Waals surface area contributed by atoms with Crippen LogP contribution in [0, 0.1) is 0 Å². The molecule has 108 valence electrons. The molecular weight excluding hydrogens is 274 g/mol. The van der Waals surface area contributed by atoms with Crippen LogP contribution in [0.2, 0.25) is 0 Å². The SMILES string of the molecule is CCOc1ccc(NC(=S)N2CCNC(=O)CC2)cc1. The van der Waals surface area contributed by atoms with Crippen molar-refractivity contribution in [2.45, 2.75) is 13.3 Å². The predicted molar refractivity (Wildman–Crippen MR) is 83.0 cm³/mol. The summed E-state index contributed by atoms with van der Waals surface area (Å²) in [7, 11) is 0. The van der Waals surface area contributed by atoms with Crippen molar-refractivity contribution < 1.29 is 9.53 Å². The summed E-state index contributed by atoms with van der Waals surface area (Å²) >= 11 is 5.38. The number of anilines is 1. The zero-order chi connectivity index (χ0) is 14.4. The molecule has 1 heterocycles. The summed E-state index contributed by atoms with van der Waals surface area (Å²) in [6.45, 7) is 4.61. The highest BCUT2D eigenvalue weighted by molar-refractivity contribution is 7.80. The Morgan fingerprint density at radius 1 is 1.40 bits per heavy atom. The zero-order valence-electron chi connectivity index (χ0n) is 11.5. The molecule has 0 bridgehead atoms. The van der Waals surface area contributed by atoms with Gasteiger partial charge in [0, 0.05) is 31.7 Å². The lowest BCUT2D eigenvalue weighted by Crippen LogP contribution is -2.37. The van der Waals surface area contributed by atoms with Crippen LogP contribution < -0.4 is 15.4 Å². The molecule has 0 unspecified atom stereocenters. The van der Waals surface area contributed by atoms with E-state index in [4.69, 9.17) is 17.0 Å². The average molecular weight is 293 g/mol. The number of carbonyl (C=O) groups excluding carboxylic acids is 1. The van der Waals surface area contributed by atoms with Crippen molar-refractivity contribution in [3.05, 3.63) is 24.3 Å². The molecule has 1 aromatic carbocycles. The maximum Gasteiger partial charge on any atom is 0.221 e. The summed E-state index contributed by atoms with van der Waals surface area (Å²) in [5, 5.41) is 6.66. The molecule has 1 fully saturated rings. The van der Waals surface area contributed by atoms with Gasteiger partial charge in [0.1, 0.15) is 5.75 Å². The van der Waals surface area contributed by atoms with Crippen LogP contribution in [-0.4, -0.2) is 42.2 Å².